The number of amides is 1. The van der Waals surface area contributed by atoms with Crippen molar-refractivity contribution in [2.45, 2.75) is 24.2 Å². The standard InChI is InChI=1S/C17H15ClF3N5O3/c1-25(12-9-26(24-13(12)18)11-3-2-6-23-8-11)14(27)16(5-4-10(22)7-16)29-15(28)17(19,20)21/h2-6,8-10H,7,22H2,1H3/t10-,16+/m1/s1. The maximum atomic E-state index is 13.0. The van der Waals surface area contributed by atoms with Gasteiger partial charge in [0.05, 0.1) is 18.1 Å². The third-order valence-electron chi connectivity index (χ3n) is 4.25. The number of anilines is 1. The lowest BCUT2D eigenvalue weighted by atomic mass is 10.00. The molecule has 154 valence electrons. The van der Waals surface area contributed by atoms with Gasteiger partial charge in [0.2, 0.25) is 5.60 Å². The van der Waals surface area contributed by atoms with Gasteiger partial charge in [-0.15, -0.1) is 0 Å². The molecule has 2 N–H and O–H groups in total. The van der Waals surface area contributed by atoms with Crippen molar-refractivity contribution in [3.63, 3.8) is 0 Å². The van der Waals surface area contributed by atoms with Crippen LogP contribution in [-0.4, -0.2) is 51.5 Å². The molecule has 0 aliphatic heterocycles. The van der Waals surface area contributed by atoms with Crippen LogP contribution in [0.5, 0.6) is 0 Å². The highest BCUT2D eigenvalue weighted by Crippen LogP contribution is 2.34. The number of pyridine rings is 1. The quantitative estimate of drug-likeness (QED) is 0.589. The first kappa shape index (κ1) is 20.8. The highest BCUT2D eigenvalue weighted by Gasteiger charge is 2.52. The molecule has 1 amide bonds. The summed E-state index contributed by atoms with van der Waals surface area (Å²) < 4.78 is 44.1. The van der Waals surface area contributed by atoms with E-state index in [2.05, 4.69) is 14.8 Å². The molecule has 0 bridgehead atoms. The fourth-order valence-corrected chi connectivity index (χ4v) is 3.11. The first-order chi connectivity index (χ1) is 13.5. The Kier molecular flexibility index (Phi) is 5.37. The Morgan fingerprint density at radius 1 is 1.45 bits per heavy atom. The van der Waals surface area contributed by atoms with Crippen molar-refractivity contribution in [2.75, 3.05) is 11.9 Å². The van der Waals surface area contributed by atoms with Crippen molar-refractivity contribution in [2.24, 2.45) is 5.73 Å². The second-order valence-corrected chi connectivity index (χ2v) is 6.69. The largest absolute Gasteiger partial charge is 0.490 e. The Balaban J connectivity index is 1.92. The monoisotopic (exact) mass is 429 g/mol. The fraction of sp³-hybridized carbons (Fsp3) is 0.294. The number of esters is 1. The Bertz CT molecular complexity index is 963. The minimum Gasteiger partial charge on any atom is -0.438 e. The summed E-state index contributed by atoms with van der Waals surface area (Å²) in [5.41, 5.74) is 4.13. The lowest BCUT2D eigenvalue weighted by molar-refractivity contribution is -0.210. The fourth-order valence-electron chi connectivity index (χ4n) is 2.85. The predicted molar refractivity (Wildman–Crippen MR) is 96.4 cm³/mol. The van der Waals surface area contributed by atoms with Gasteiger partial charge in [-0.3, -0.25) is 9.78 Å². The van der Waals surface area contributed by atoms with E-state index in [1.807, 2.05) is 0 Å². The number of carbonyl (C=O) groups is 2. The molecule has 0 unspecified atom stereocenters. The summed E-state index contributed by atoms with van der Waals surface area (Å²) in [4.78, 5) is 29.4. The molecule has 0 spiro atoms. The molecule has 2 heterocycles. The van der Waals surface area contributed by atoms with Crippen LogP contribution in [0.3, 0.4) is 0 Å². The van der Waals surface area contributed by atoms with E-state index in [4.69, 9.17) is 17.3 Å². The predicted octanol–water partition coefficient (Wildman–Crippen LogP) is 2.02. The lowest BCUT2D eigenvalue weighted by Gasteiger charge is -2.31. The third-order valence-corrected chi connectivity index (χ3v) is 4.52. The van der Waals surface area contributed by atoms with Gasteiger partial charge in [0, 0.05) is 25.7 Å². The minimum absolute atomic E-state index is 0.0896. The van der Waals surface area contributed by atoms with Gasteiger partial charge in [-0.1, -0.05) is 17.7 Å². The number of likely N-dealkylation sites (N-methyl/N-ethyl adjacent to an activating group) is 1. The summed E-state index contributed by atoms with van der Waals surface area (Å²) in [5, 5.41) is 3.98. The molecule has 8 nitrogen and oxygen atoms in total. The number of hydrogen-bond donors (Lipinski definition) is 1. The molecule has 1 aliphatic rings. The first-order valence-electron chi connectivity index (χ1n) is 8.22. The first-order valence-corrected chi connectivity index (χ1v) is 8.60. The van der Waals surface area contributed by atoms with Crippen molar-refractivity contribution in [1.82, 2.24) is 14.8 Å². The summed E-state index contributed by atoms with van der Waals surface area (Å²) in [6, 6.07) is 2.59. The summed E-state index contributed by atoms with van der Waals surface area (Å²) in [7, 11) is 1.28. The Labute approximate surface area is 167 Å². The van der Waals surface area contributed by atoms with Gasteiger partial charge in [0.15, 0.2) is 5.15 Å². The number of alkyl halides is 3. The van der Waals surface area contributed by atoms with E-state index in [1.165, 1.54) is 30.2 Å². The number of halogens is 4. The maximum absolute atomic E-state index is 13.0. The van der Waals surface area contributed by atoms with Gasteiger partial charge in [-0.2, -0.15) is 18.3 Å². The average molecular weight is 430 g/mol. The van der Waals surface area contributed by atoms with Crippen molar-refractivity contribution in [3.8, 4) is 5.69 Å². The van der Waals surface area contributed by atoms with Gasteiger partial charge in [-0.05, 0) is 18.2 Å². The maximum Gasteiger partial charge on any atom is 0.490 e. The second kappa shape index (κ2) is 7.48. The van der Waals surface area contributed by atoms with E-state index in [-0.39, 0.29) is 17.3 Å². The van der Waals surface area contributed by atoms with Crippen molar-refractivity contribution in [1.29, 1.82) is 0 Å². The number of aromatic nitrogens is 3. The highest BCUT2D eigenvalue weighted by atomic mass is 35.5. The number of nitrogens with two attached hydrogens (primary N) is 1. The normalized spacial score (nSPS) is 21.2. The van der Waals surface area contributed by atoms with Crippen LogP contribution in [0, 0.1) is 0 Å². The molecule has 2 aromatic heterocycles. The zero-order valence-corrected chi connectivity index (χ0v) is 15.7. The van der Waals surface area contributed by atoms with Gasteiger partial charge in [0.25, 0.3) is 5.91 Å². The van der Waals surface area contributed by atoms with E-state index >= 15 is 0 Å². The zero-order chi connectivity index (χ0) is 21.4. The van der Waals surface area contributed by atoms with E-state index < -0.39 is 29.7 Å². The third kappa shape index (κ3) is 4.10. The van der Waals surface area contributed by atoms with Crippen LogP contribution < -0.4 is 10.6 Å². The van der Waals surface area contributed by atoms with Gasteiger partial charge in [-0.25, -0.2) is 9.48 Å². The number of carbonyl (C=O) groups excluding carboxylic acids is 2. The number of hydrogen-bond acceptors (Lipinski definition) is 6. The molecule has 0 aromatic carbocycles. The molecule has 2 aromatic rings. The molecule has 29 heavy (non-hydrogen) atoms. The SMILES string of the molecule is CN(C(=O)[C@]1(OC(=O)C(F)(F)F)C=C[C@@H](N)C1)c1cn(-c2cccnc2)nc1Cl. The van der Waals surface area contributed by atoms with Gasteiger partial charge >= 0.3 is 12.1 Å². The number of ether oxygens (including phenoxy) is 1. The molecule has 12 heteroatoms. The van der Waals surface area contributed by atoms with E-state index in [1.54, 1.807) is 18.3 Å². The molecule has 0 saturated heterocycles. The lowest BCUT2D eigenvalue weighted by Crippen LogP contribution is -2.51. The number of rotatable bonds is 4. The Morgan fingerprint density at radius 2 is 2.17 bits per heavy atom. The average Bonchev–Trinajstić information content (AvgIpc) is 3.24. The molecule has 0 radical (unpaired) electrons. The topological polar surface area (TPSA) is 103 Å². The van der Waals surface area contributed by atoms with Crippen LogP contribution in [0.15, 0.2) is 42.9 Å². The molecule has 3 rings (SSSR count). The van der Waals surface area contributed by atoms with Gasteiger partial charge < -0.3 is 15.4 Å². The van der Waals surface area contributed by atoms with E-state index in [0.29, 0.717) is 5.69 Å². The molecule has 1 aliphatic carbocycles. The zero-order valence-electron chi connectivity index (χ0n) is 14.9. The molecular weight excluding hydrogens is 415 g/mol. The van der Waals surface area contributed by atoms with Crippen LogP contribution in [0.2, 0.25) is 5.15 Å². The summed E-state index contributed by atoms with van der Waals surface area (Å²) in [5.74, 6) is -3.44. The van der Waals surface area contributed by atoms with E-state index in [0.717, 1.165) is 11.0 Å². The number of nitrogens with zero attached hydrogens (tertiary/aromatic N) is 4. The Morgan fingerprint density at radius 3 is 2.72 bits per heavy atom. The van der Waals surface area contributed by atoms with Crippen LogP contribution in [-0.2, 0) is 14.3 Å². The summed E-state index contributed by atoms with van der Waals surface area (Å²) in [6.45, 7) is 0. The van der Waals surface area contributed by atoms with Crippen molar-refractivity contribution < 1.29 is 27.5 Å². The summed E-state index contributed by atoms with van der Waals surface area (Å²) >= 11 is 6.12. The van der Waals surface area contributed by atoms with Crippen LogP contribution in [0.25, 0.3) is 5.69 Å². The van der Waals surface area contributed by atoms with Crippen molar-refractivity contribution in [3.05, 3.63) is 48.0 Å². The highest BCUT2D eigenvalue weighted by molar-refractivity contribution is 6.32. The minimum atomic E-state index is -5.27. The van der Waals surface area contributed by atoms with Crippen LogP contribution in [0.1, 0.15) is 6.42 Å². The smallest absolute Gasteiger partial charge is 0.438 e. The van der Waals surface area contributed by atoms with E-state index in [9.17, 15) is 22.8 Å². The van der Waals surface area contributed by atoms with Gasteiger partial charge in [0.1, 0.15) is 5.69 Å². The molecule has 0 saturated carbocycles. The van der Waals surface area contributed by atoms with Crippen molar-refractivity contribution >= 4 is 29.2 Å². The second-order valence-electron chi connectivity index (χ2n) is 6.33. The molecule has 0 fully saturated rings. The van der Waals surface area contributed by atoms with Crippen LogP contribution >= 0.6 is 11.6 Å². The summed E-state index contributed by atoms with van der Waals surface area (Å²) in [6.07, 6.45) is 1.20. The van der Waals surface area contributed by atoms with Crippen LogP contribution in [0.4, 0.5) is 18.9 Å². The molecule has 2 atom stereocenters. The molecular formula is C17H15ClF3N5O3. The Hall–Kier alpha value is -2.92.